The number of ether oxygens (including phenoxy) is 1. The highest BCUT2D eigenvalue weighted by Crippen LogP contribution is 2.35. The maximum atomic E-state index is 6.31. The summed E-state index contributed by atoms with van der Waals surface area (Å²) in [5.74, 6) is 1.34. The Labute approximate surface area is 163 Å². The molecule has 6 nitrogen and oxygen atoms in total. The number of nitrogens with zero attached hydrogens (tertiary/aromatic N) is 3. The van der Waals surface area contributed by atoms with Crippen LogP contribution in [0.1, 0.15) is 35.8 Å². The highest BCUT2D eigenvalue weighted by atomic mass is 35.5. The molecule has 0 radical (unpaired) electrons. The van der Waals surface area contributed by atoms with Gasteiger partial charge in [0, 0.05) is 23.7 Å². The van der Waals surface area contributed by atoms with Crippen molar-refractivity contribution < 1.29 is 4.74 Å². The van der Waals surface area contributed by atoms with Crippen molar-refractivity contribution in [1.82, 2.24) is 25.3 Å². The van der Waals surface area contributed by atoms with Gasteiger partial charge in [-0.25, -0.2) is 0 Å². The second kappa shape index (κ2) is 7.74. The molecule has 142 valence electrons. The first kappa shape index (κ1) is 18.1. The van der Waals surface area contributed by atoms with Gasteiger partial charge < -0.3 is 4.74 Å². The molecule has 4 rings (SSSR count). The van der Waals surface area contributed by atoms with Crippen LogP contribution in [0.2, 0.25) is 5.02 Å². The number of aryl methyl sites for hydroxylation is 1. The fourth-order valence-corrected chi connectivity index (χ4v) is 3.93. The van der Waals surface area contributed by atoms with Crippen LogP contribution in [-0.2, 0) is 6.54 Å². The number of benzene rings is 1. The van der Waals surface area contributed by atoms with Crippen LogP contribution in [-0.4, -0.2) is 45.5 Å². The lowest BCUT2D eigenvalue weighted by atomic mass is 9.89. The Hall–Kier alpha value is -2.31. The normalized spacial score (nSPS) is 16.0. The van der Waals surface area contributed by atoms with E-state index in [1.54, 1.807) is 7.11 Å². The van der Waals surface area contributed by atoms with Crippen molar-refractivity contribution in [2.45, 2.75) is 32.2 Å². The van der Waals surface area contributed by atoms with Crippen LogP contribution in [0, 0.1) is 6.92 Å². The van der Waals surface area contributed by atoms with Gasteiger partial charge in [-0.05, 0) is 50.6 Å². The number of hydrogen-bond donors (Lipinski definition) is 2. The number of aromatic amines is 2. The smallest absolute Gasteiger partial charge is 0.119 e. The lowest BCUT2D eigenvalue weighted by Crippen LogP contribution is -2.32. The summed E-state index contributed by atoms with van der Waals surface area (Å²) in [7, 11) is 1.69. The van der Waals surface area contributed by atoms with Crippen molar-refractivity contribution >= 4 is 11.6 Å². The zero-order valence-corrected chi connectivity index (χ0v) is 16.4. The molecule has 0 atom stereocenters. The number of piperidine rings is 1. The Bertz CT molecular complexity index is 911. The van der Waals surface area contributed by atoms with Crippen LogP contribution in [0.3, 0.4) is 0 Å². The molecule has 1 fully saturated rings. The molecule has 3 heterocycles. The summed E-state index contributed by atoms with van der Waals surface area (Å²) in [6.45, 7) is 4.78. The minimum absolute atomic E-state index is 0.473. The third-order valence-electron chi connectivity index (χ3n) is 5.36. The van der Waals surface area contributed by atoms with Crippen molar-refractivity contribution in [3.63, 3.8) is 0 Å². The second-order valence-corrected chi connectivity index (χ2v) is 7.47. The van der Waals surface area contributed by atoms with Gasteiger partial charge in [0.2, 0.25) is 0 Å². The molecular formula is C20H24ClN5O. The molecular weight excluding hydrogens is 362 g/mol. The first-order valence-corrected chi connectivity index (χ1v) is 9.63. The fourth-order valence-electron chi connectivity index (χ4n) is 3.79. The number of methoxy groups -OCH3 is 1. The Morgan fingerprint density at radius 1 is 1.26 bits per heavy atom. The SMILES string of the molecule is COc1cccc(-c2cn[nH]c2C2CCN(Cc3n[nH]c(C)c3Cl)CC2)c1. The van der Waals surface area contributed by atoms with E-state index in [0.29, 0.717) is 5.92 Å². The van der Waals surface area contributed by atoms with E-state index in [2.05, 4.69) is 37.4 Å². The lowest BCUT2D eigenvalue weighted by Gasteiger charge is -2.31. The molecule has 0 saturated carbocycles. The Morgan fingerprint density at radius 2 is 2.07 bits per heavy atom. The molecule has 1 aliphatic heterocycles. The molecule has 0 spiro atoms. The van der Waals surface area contributed by atoms with Gasteiger partial charge in [0.25, 0.3) is 0 Å². The molecule has 2 N–H and O–H groups in total. The molecule has 1 saturated heterocycles. The van der Waals surface area contributed by atoms with E-state index in [4.69, 9.17) is 16.3 Å². The molecule has 1 aromatic carbocycles. The van der Waals surface area contributed by atoms with Gasteiger partial charge in [0.1, 0.15) is 5.75 Å². The lowest BCUT2D eigenvalue weighted by molar-refractivity contribution is 0.201. The topological polar surface area (TPSA) is 69.8 Å². The molecule has 2 aromatic heterocycles. The Kier molecular flexibility index (Phi) is 5.18. The van der Waals surface area contributed by atoms with Gasteiger partial charge in [-0.3, -0.25) is 15.1 Å². The highest BCUT2D eigenvalue weighted by Gasteiger charge is 2.25. The monoisotopic (exact) mass is 385 g/mol. The molecule has 0 unspecified atom stereocenters. The molecule has 1 aliphatic rings. The summed E-state index contributed by atoms with van der Waals surface area (Å²) in [6.07, 6.45) is 4.09. The summed E-state index contributed by atoms with van der Waals surface area (Å²) in [6, 6.07) is 8.14. The Morgan fingerprint density at radius 3 is 2.78 bits per heavy atom. The Balaban J connectivity index is 1.44. The van der Waals surface area contributed by atoms with Crippen LogP contribution in [0.15, 0.2) is 30.5 Å². The molecule has 0 aliphatic carbocycles. The summed E-state index contributed by atoms with van der Waals surface area (Å²) in [4.78, 5) is 2.42. The van der Waals surface area contributed by atoms with Crippen LogP contribution in [0.4, 0.5) is 0 Å². The summed E-state index contributed by atoms with van der Waals surface area (Å²) in [5, 5.41) is 15.6. The van der Waals surface area contributed by atoms with Crippen molar-refractivity contribution in [1.29, 1.82) is 0 Å². The van der Waals surface area contributed by atoms with Crippen LogP contribution >= 0.6 is 11.6 Å². The van der Waals surface area contributed by atoms with Gasteiger partial charge in [-0.1, -0.05) is 23.7 Å². The predicted octanol–water partition coefficient (Wildman–Crippen LogP) is 4.15. The number of likely N-dealkylation sites (tertiary alicyclic amines) is 1. The van der Waals surface area contributed by atoms with E-state index in [9.17, 15) is 0 Å². The quantitative estimate of drug-likeness (QED) is 0.692. The number of aromatic nitrogens is 4. The summed E-state index contributed by atoms with van der Waals surface area (Å²) >= 11 is 6.31. The van der Waals surface area contributed by atoms with Gasteiger partial charge in [0.05, 0.1) is 29.7 Å². The van der Waals surface area contributed by atoms with Gasteiger partial charge >= 0.3 is 0 Å². The molecule has 0 bridgehead atoms. The first-order valence-electron chi connectivity index (χ1n) is 9.25. The van der Waals surface area contributed by atoms with Gasteiger partial charge in [-0.2, -0.15) is 10.2 Å². The molecule has 0 amide bonds. The highest BCUT2D eigenvalue weighted by molar-refractivity contribution is 6.31. The standard InChI is InChI=1S/C20H24ClN5O/c1-13-19(21)18(24-23-13)12-26-8-6-14(7-9-26)20-17(11-22-25-20)15-4-3-5-16(10-15)27-2/h3-5,10-11,14H,6-9,12H2,1-2H3,(H,22,25)(H,23,24). The van der Waals surface area contributed by atoms with Crippen LogP contribution in [0.5, 0.6) is 5.75 Å². The van der Waals surface area contributed by atoms with Crippen molar-refractivity contribution in [2.24, 2.45) is 0 Å². The van der Waals surface area contributed by atoms with Crippen LogP contribution < -0.4 is 4.74 Å². The zero-order chi connectivity index (χ0) is 18.8. The average Bonchev–Trinajstić information content (AvgIpc) is 3.31. The minimum Gasteiger partial charge on any atom is -0.497 e. The number of H-pyrrole nitrogens is 2. The largest absolute Gasteiger partial charge is 0.497 e. The maximum absolute atomic E-state index is 6.31. The van der Waals surface area contributed by atoms with Crippen molar-refractivity contribution in [3.05, 3.63) is 52.6 Å². The number of halogens is 1. The summed E-state index contributed by atoms with van der Waals surface area (Å²) < 4.78 is 5.36. The number of rotatable bonds is 5. The van der Waals surface area contributed by atoms with E-state index in [1.165, 1.54) is 11.3 Å². The van der Waals surface area contributed by atoms with Crippen molar-refractivity contribution in [3.8, 4) is 16.9 Å². The number of hydrogen-bond acceptors (Lipinski definition) is 4. The van der Waals surface area contributed by atoms with E-state index in [1.807, 2.05) is 25.3 Å². The van der Waals surface area contributed by atoms with Crippen LogP contribution in [0.25, 0.3) is 11.1 Å². The van der Waals surface area contributed by atoms with E-state index < -0.39 is 0 Å². The third kappa shape index (κ3) is 3.73. The fraction of sp³-hybridized carbons (Fsp3) is 0.400. The minimum atomic E-state index is 0.473. The maximum Gasteiger partial charge on any atom is 0.119 e. The second-order valence-electron chi connectivity index (χ2n) is 7.09. The van der Waals surface area contributed by atoms with Gasteiger partial charge in [-0.15, -0.1) is 0 Å². The first-order chi connectivity index (χ1) is 13.2. The molecule has 3 aromatic rings. The van der Waals surface area contributed by atoms with E-state index >= 15 is 0 Å². The van der Waals surface area contributed by atoms with E-state index in [-0.39, 0.29) is 0 Å². The van der Waals surface area contributed by atoms with E-state index in [0.717, 1.165) is 60.2 Å². The zero-order valence-electron chi connectivity index (χ0n) is 15.6. The van der Waals surface area contributed by atoms with Gasteiger partial charge in [0.15, 0.2) is 0 Å². The van der Waals surface area contributed by atoms with Crippen molar-refractivity contribution in [2.75, 3.05) is 20.2 Å². The third-order valence-corrected chi connectivity index (χ3v) is 5.86. The average molecular weight is 386 g/mol. The molecule has 27 heavy (non-hydrogen) atoms. The molecule has 7 heteroatoms. The number of nitrogens with one attached hydrogen (secondary N) is 2. The predicted molar refractivity (Wildman–Crippen MR) is 106 cm³/mol. The summed E-state index contributed by atoms with van der Waals surface area (Å²) in [5.41, 5.74) is 5.39.